The van der Waals surface area contributed by atoms with E-state index in [0.717, 1.165) is 4.57 Å². The monoisotopic (exact) mass is 262 g/mol. The van der Waals surface area contributed by atoms with Gasteiger partial charge in [-0.25, -0.2) is 4.98 Å². The maximum Gasteiger partial charge on any atom is 0.304 e. The lowest BCUT2D eigenvalue weighted by molar-refractivity contribution is 0.544. The number of thiophene rings is 1. The number of aromatic nitrogens is 2. The largest absolute Gasteiger partial charge is 0.304 e. The first-order chi connectivity index (χ1) is 7.47. The second-order valence-corrected chi connectivity index (χ2v) is 5.51. The van der Waals surface area contributed by atoms with Gasteiger partial charge in [0, 0.05) is 6.54 Å². The van der Waals surface area contributed by atoms with Crippen molar-refractivity contribution in [2.45, 2.75) is 6.54 Å². The molecular formula is C8H7FN2O3S2. The number of rotatable bonds is 3. The van der Waals surface area contributed by atoms with Gasteiger partial charge in [-0.2, -0.15) is 8.42 Å². The van der Waals surface area contributed by atoms with Crippen LogP contribution in [0.5, 0.6) is 0 Å². The molecular weight excluding hydrogens is 255 g/mol. The van der Waals surface area contributed by atoms with Crippen molar-refractivity contribution >= 4 is 31.8 Å². The Balaban J connectivity index is 2.39. The normalized spacial score (nSPS) is 12.1. The van der Waals surface area contributed by atoms with Gasteiger partial charge in [0.25, 0.3) is 5.56 Å². The predicted octanol–water partition coefficient (Wildman–Crippen LogP) is 0.757. The van der Waals surface area contributed by atoms with Crippen molar-refractivity contribution in [1.82, 2.24) is 9.55 Å². The molecule has 0 saturated heterocycles. The fraction of sp³-hybridized carbons (Fsp3) is 0.250. The standard InChI is InChI=1S/C8H7FN2O3S2/c9-16(13,14)4-2-11-5-10-7-6(8(11)12)1-3-15-7/h1,3,5H,2,4H2. The molecule has 0 radical (unpaired) electrons. The van der Waals surface area contributed by atoms with E-state index in [2.05, 4.69) is 4.98 Å². The summed E-state index contributed by atoms with van der Waals surface area (Å²) in [6.07, 6.45) is 1.23. The number of aryl methyl sites for hydroxylation is 1. The van der Waals surface area contributed by atoms with E-state index >= 15 is 0 Å². The Morgan fingerprint density at radius 2 is 2.25 bits per heavy atom. The summed E-state index contributed by atoms with van der Waals surface area (Å²) in [6.45, 7) is -0.226. The Labute approximate surface area is 94.4 Å². The summed E-state index contributed by atoms with van der Waals surface area (Å²) in [7, 11) is -4.56. The quantitative estimate of drug-likeness (QED) is 0.766. The van der Waals surface area contributed by atoms with Crippen LogP contribution >= 0.6 is 11.3 Å². The maximum atomic E-state index is 12.3. The molecule has 8 heteroatoms. The summed E-state index contributed by atoms with van der Waals surface area (Å²) >= 11 is 1.32. The third kappa shape index (κ3) is 2.27. The SMILES string of the molecule is O=c1c2ccsc2ncn1CCS(=O)(=O)F. The van der Waals surface area contributed by atoms with Gasteiger partial charge >= 0.3 is 10.2 Å². The van der Waals surface area contributed by atoms with Crippen molar-refractivity contribution < 1.29 is 12.3 Å². The molecule has 0 fully saturated rings. The molecule has 0 atom stereocenters. The zero-order chi connectivity index (χ0) is 11.8. The third-order valence-electron chi connectivity index (χ3n) is 2.03. The minimum atomic E-state index is -4.56. The van der Waals surface area contributed by atoms with Gasteiger partial charge in [-0.05, 0) is 11.4 Å². The van der Waals surface area contributed by atoms with Crippen LogP contribution in [0.2, 0.25) is 0 Å². The van der Waals surface area contributed by atoms with E-state index in [1.165, 1.54) is 17.7 Å². The first kappa shape index (κ1) is 11.2. The van der Waals surface area contributed by atoms with Crippen molar-refractivity contribution in [2.75, 3.05) is 5.75 Å². The van der Waals surface area contributed by atoms with Crippen molar-refractivity contribution in [3.8, 4) is 0 Å². The first-order valence-electron chi connectivity index (χ1n) is 4.32. The average molecular weight is 262 g/mol. The minimum absolute atomic E-state index is 0.226. The molecule has 0 saturated carbocycles. The Morgan fingerprint density at radius 1 is 1.50 bits per heavy atom. The lowest BCUT2D eigenvalue weighted by Crippen LogP contribution is -2.23. The van der Waals surface area contributed by atoms with Crippen LogP contribution in [0, 0.1) is 0 Å². The van der Waals surface area contributed by atoms with Crippen LogP contribution in [0.4, 0.5) is 3.89 Å². The van der Waals surface area contributed by atoms with Gasteiger partial charge in [0.1, 0.15) is 4.83 Å². The first-order valence-corrected chi connectivity index (χ1v) is 6.75. The number of hydrogen-bond donors (Lipinski definition) is 0. The fourth-order valence-corrected chi connectivity index (χ4v) is 2.40. The molecule has 2 heterocycles. The second-order valence-electron chi connectivity index (χ2n) is 3.13. The van der Waals surface area contributed by atoms with E-state index in [4.69, 9.17) is 0 Å². The van der Waals surface area contributed by atoms with Gasteiger partial charge in [0.15, 0.2) is 0 Å². The molecule has 2 aromatic rings. The zero-order valence-corrected chi connectivity index (χ0v) is 9.59. The molecule has 0 spiro atoms. The van der Waals surface area contributed by atoms with Gasteiger partial charge < -0.3 is 0 Å². The number of fused-ring (bicyclic) bond motifs is 1. The van der Waals surface area contributed by atoms with Gasteiger partial charge in [-0.1, -0.05) is 0 Å². The summed E-state index contributed by atoms with van der Waals surface area (Å²) in [5.41, 5.74) is -0.352. The fourth-order valence-electron chi connectivity index (χ4n) is 1.26. The minimum Gasteiger partial charge on any atom is -0.298 e. The molecule has 16 heavy (non-hydrogen) atoms. The molecule has 0 unspecified atom stereocenters. The van der Waals surface area contributed by atoms with Gasteiger partial charge in [-0.15, -0.1) is 15.2 Å². The topological polar surface area (TPSA) is 69.0 Å². The van der Waals surface area contributed by atoms with Crippen LogP contribution < -0.4 is 5.56 Å². The van der Waals surface area contributed by atoms with E-state index in [9.17, 15) is 17.1 Å². The van der Waals surface area contributed by atoms with E-state index in [1.807, 2.05) is 0 Å². The lowest BCUT2D eigenvalue weighted by Gasteiger charge is -2.02. The molecule has 2 aromatic heterocycles. The van der Waals surface area contributed by atoms with Gasteiger partial charge in [0.05, 0.1) is 17.5 Å². The highest BCUT2D eigenvalue weighted by atomic mass is 32.3. The Bertz CT molecular complexity index is 674. The summed E-state index contributed by atoms with van der Waals surface area (Å²) in [4.78, 5) is 16.3. The maximum absolute atomic E-state index is 12.3. The molecule has 0 N–H and O–H groups in total. The Morgan fingerprint density at radius 3 is 2.94 bits per heavy atom. The summed E-state index contributed by atoms with van der Waals surface area (Å²) in [6, 6.07) is 1.61. The molecule has 0 aliphatic heterocycles. The van der Waals surface area contributed by atoms with Crippen LogP contribution in [-0.4, -0.2) is 23.7 Å². The molecule has 0 aliphatic rings. The zero-order valence-electron chi connectivity index (χ0n) is 7.96. The number of hydrogen-bond acceptors (Lipinski definition) is 5. The highest BCUT2D eigenvalue weighted by molar-refractivity contribution is 7.86. The Hall–Kier alpha value is -1.28. The highest BCUT2D eigenvalue weighted by Crippen LogP contribution is 2.13. The van der Waals surface area contributed by atoms with E-state index < -0.39 is 16.0 Å². The molecule has 5 nitrogen and oxygen atoms in total. The average Bonchev–Trinajstić information content (AvgIpc) is 2.64. The van der Waals surface area contributed by atoms with Crippen molar-refractivity contribution in [3.05, 3.63) is 28.1 Å². The molecule has 0 bridgehead atoms. The van der Waals surface area contributed by atoms with Crippen LogP contribution in [0.15, 0.2) is 22.6 Å². The molecule has 0 aliphatic carbocycles. The molecule has 0 aromatic carbocycles. The van der Waals surface area contributed by atoms with Crippen LogP contribution in [0.1, 0.15) is 0 Å². The second kappa shape index (κ2) is 3.95. The Kier molecular flexibility index (Phi) is 2.76. The summed E-state index contributed by atoms with van der Waals surface area (Å²) < 4.78 is 34.0. The van der Waals surface area contributed by atoms with Crippen LogP contribution in [0.25, 0.3) is 10.2 Å². The van der Waals surface area contributed by atoms with Crippen LogP contribution in [-0.2, 0) is 16.8 Å². The molecule has 2 rings (SSSR count). The van der Waals surface area contributed by atoms with Gasteiger partial charge in [0.2, 0.25) is 0 Å². The lowest BCUT2D eigenvalue weighted by atomic mass is 10.4. The molecule has 0 amide bonds. The number of nitrogens with zero attached hydrogens (tertiary/aromatic N) is 2. The molecule has 86 valence electrons. The third-order valence-corrected chi connectivity index (χ3v) is 3.52. The van der Waals surface area contributed by atoms with Crippen molar-refractivity contribution in [3.63, 3.8) is 0 Å². The van der Waals surface area contributed by atoms with E-state index in [1.54, 1.807) is 11.4 Å². The highest BCUT2D eigenvalue weighted by Gasteiger charge is 2.10. The van der Waals surface area contributed by atoms with E-state index in [-0.39, 0.29) is 12.1 Å². The van der Waals surface area contributed by atoms with Crippen LogP contribution in [0.3, 0.4) is 0 Å². The predicted molar refractivity (Wildman–Crippen MR) is 58.8 cm³/mol. The van der Waals surface area contributed by atoms with Crippen molar-refractivity contribution in [1.29, 1.82) is 0 Å². The number of halogens is 1. The van der Waals surface area contributed by atoms with E-state index in [0.29, 0.717) is 10.2 Å². The van der Waals surface area contributed by atoms with Crippen molar-refractivity contribution in [2.24, 2.45) is 0 Å². The summed E-state index contributed by atoms with van der Waals surface area (Å²) in [5, 5.41) is 2.14. The van der Waals surface area contributed by atoms with Gasteiger partial charge in [-0.3, -0.25) is 9.36 Å². The smallest absolute Gasteiger partial charge is 0.298 e. The summed E-state index contributed by atoms with van der Waals surface area (Å²) in [5.74, 6) is -0.718.